The average Bonchev–Trinajstić information content (AvgIpc) is 2.87. The van der Waals surface area contributed by atoms with Crippen molar-refractivity contribution in [3.05, 3.63) is 23.8 Å². The fourth-order valence-electron chi connectivity index (χ4n) is 2.42. The van der Waals surface area contributed by atoms with E-state index in [1.165, 1.54) is 5.56 Å². The fraction of sp³-hybridized carbons (Fsp3) is 0.500. The van der Waals surface area contributed by atoms with Crippen LogP contribution in [0.3, 0.4) is 0 Å². The number of benzene rings is 1. The summed E-state index contributed by atoms with van der Waals surface area (Å²) in [5, 5.41) is 9.00. The third-order valence-corrected chi connectivity index (χ3v) is 4.25. The van der Waals surface area contributed by atoms with E-state index in [2.05, 4.69) is 17.0 Å². The molecule has 0 aliphatic carbocycles. The molecule has 1 saturated heterocycles. The van der Waals surface area contributed by atoms with Gasteiger partial charge >= 0.3 is 5.97 Å². The zero-order chi connectivity index (χ0) is 13.8. The van der Waals surface area contributed by atoms with Gasteiger partial charge in [-0.1, -0.05) is 6.07 Å². The molecule has 1 heterocycles. The highest BCUT2D eigenvalue weighted by Crippen LogP contribution is 2.29. The highest BCUT2D eigenvalue weighted by molar-refractivity contribution is 7.98. The molecule has 0 aromatic heterocycles. The lowest BCUT2D eigenvalue weighted by molar-refractivity contribution is -0.141. The van der Waals surface area contributed by atoms with Crippen LogP contribution in [0.5, 0.6) is 5.75 Å². The van der Waals surface area contributed by atoms with Gasteiger partial charge in [0.05, 0.1) is 13.0 Å². The monoisotopic (exact) mass is 281 g/mol. The maximum atomic E-state index is 10.9. The first-order valence-electron chi connectivity index (χ1n) is 6.30. The van der Waals surface area contributed by atoms with Crippen LogP contribution in [0.2, 0.25) is 0 Å². The first-order valence-corrected chi connectivity index (χ1v) is 7.52. The van der Waals surface area contributed by atoms with Crippen LogP contribution >= 0.6 is 11.8 Å². The summed E-state index contributed by atoms with van der Waals surface area (Å²) in [6.07, 6.45) is 2.77. The summed E-state index contributed by atoms with van der Waals surface area (Å²) in [5.41, 5.74) is 1.17. The fourth-order valence-corrected chi connectivity index (χ4v) is 2.96. The van der Waals surface area contributed by atoms with Crippen molar-refractivity contribution >= 4 is 17.7 Å². The molecule has 1 aliphatic heterocycles. The van der Waals surface area contributed by atoms with Gasteiger partial charge in [0.2, 0.25) is 0 Å². The van der Waals surface area contributed by atoms with Crippen molar-refractivity contribution in [2.45, 2.75) is 17.9 Å². The van der Waals surface area contributed by atoms with E-state index in [0.717, 1.165) is 30.2 Å². The second kappa shape index (κ2) is 6.30. The van der Waals surface area contributed by atoms with Gasteiger partial charge in [-0.3, -0.25) is 9.69 Å². The van der Waals surface area contributed by atoms with Gasteiger partial charge in [-0.25, -0.2) is 0 Å². The topological polar surface area (TPSA) is 49.8 Å². The Morgan fingerprint density at radius 1 is 1.58 bits per heavy atom. The number of methoxy groups -OCH3 is 1. The van der Waals surface area contributed by atoms with Crippen molar-refractivity contribution in [3.8, 4) is 5.75 Å². The molecule has 0 radical (unpaired) electrons. The third kappa shape index (κ3) is 3.42. The second-order valence-electron chi connectivity index (χ2n) is 4.75. The zero-order valence-electron chi connectivity index (χ0n) is 11.3. The highest BCUT2D eigenvalue weighted by Gasteiger charge is 2.27. The number of rotatable bonds is 5. The number of carboxylic acids is 1. The van der Waals surface area contributed by atoms with E-state index >= 15 is 0 Å². The molecular weight excluding hydrogens is 262 g/mol. The lowest BCUT2D eigenvalue weighted by Gasteiger charge is -2.16. The van der Waals surface area contributed by atoms with Crippen molar-refractivity contribution in [3.63, 3.8) is 0 Å². The van der Waals surface area contributed by atoms with Crippen LogP contribution in [0, 0.1) is 5.92 Å². The van der Waals surface area contributed by atoms with Gasteiger partial charge in [0, 0.05) is 18.0 Å². The maximum Gasteiger partial charge on any atom is 0.307 e. The largest absolute Gasteiger partial charge is 0.496 e. The van der Waals surface area contributed by atoms with E-state index in [9.17, 15) is 4.79 Å². The molecule has 5 heteroatoms. The van der Waals surface area contributed by atoms with E-state index in [1.807, 2.05) is 12.3 Å². The smallest absolute Gasteiger partial charge is 0.307 e. The standard InChI is InChI=1S/C14H19NO3S/c1-18-12-7-10(3-4-13(12)19-2)8-15-6-5-11(9-15)14(16)17/h3-4,7,11H,5-6,8-9H2,1-2H3,(H,16,17). The number of hydrogen-bond donors (Lipinski definition) is 1. The van der Waals surface area contributed by atoms with Crippen molar-refractivity contribution in [1.82, 2.24) is 4.90 Å². The molecule has 1 atom stereocenters. The predicted molar refractivity (Wildman–Crippen MR) is 75.8 cm³/mol. The van der Waals surface area contributed by atoms with Crippen molar-refractivity contribution in [2.75, 3.05) is 26.5 Å². The first kappa shape index (κ1) is 14.2. The van der Waals surface area contributed by atoms with Crippen LogP contribution in [0.4, 0.5) is 0 Å². The molecular formula is C14H19NO3S. The summed E-state index contributed by atoms with van der Waals surface area (Å²) in [6, 6.07) is 6.19. The molecule has 1 unspecified atom stereocenters. The molecule has 1 aromatic rings. The van der Waals surface area contributed by atoms with Crippen LogP contribution in [0.15, 0.2) is 23.1 Å². The number of carboxylic acid groups (broad SMARTS) is 1. The minimum absolute atomic E-state index is 0.215. The van der Waals surface area contributed by atoms with Crippen molar-refractivity contribution in [2.24, 2.45) is 5.92 Å². The predicted octanol–water partition coefficient (Wildman–Crippen LogP) is 2.32. The third-order valence-electron chi connectivity index (χ3n) is 3.48. The Hall–Kier alpha value is -1.20. The average molecular weight is 281 g/mol. The Kier molecular flexibility index (Phi) is 4.71. The molecule has 104 valence electrons. The SMILES string of the molecule is COc1cc(CN2CCC(C(=O)O)C2)ccc1SC. The van der Waals surface area contributed by atoms with Crippen molar-refractivity contribution < 1.29 is 14.6 Å². The number of aliphatic carboxylic acids is 1. The van der Waals surface area contributed by atoms with E-state index in [0.29, 0.717) is 6.54 Å². The van der Waals surface area contributed by atoms with Gasteiger partial charge in [-0.2, -0.15) is 0 Å². The number of hydrogen-bond acceptors (Lipinski definition) is 4. The number of thioether (sulfide) groups is 1. The molecule has 2 rings (SSSR count). The molecule has 0 bridgehead atoms. The molecule has 0 spiro atoms. The quantitative estimate of drug-likeness (QED) is 0.839. The Morgan fingerprint density at radius 2 is 2.37 bits per heavy atom. The van der Waals surface area contributed by atoms with Crippen LogP contribution in [0.1, 0.15) is 12.0 Å². The van der Waals surface area contributed by atoms with Gasteiger partial charge < -0.3 is 9.84 Å². The van der Waals surface area contributed by atoms with Crippen LogP contribution in [0.25, 0.3) is 0 Å². The molecule has 0 saturated carbocycles. The Balaban J connectivity index is 2.02. The van der Waals surface area contributed by atoms with Gasteiger partial charge in [0.1, 0.15) is 5.75 Å². The molecule has 1 aromatic carbocycles. The van der Waals surface area contributed by atoms with Crippen molar-refractivity contribution in [1.29, 1.82) is 0 Å². The summed E-state index contributed by atoms with van der Waals surface area (Å²) in [4.78, 5) is 14.2. The summed E-state index contributed by atoms with van der Waals surface area (Å²) in [6.45, 7) is 2.28. The van der Waals surface area contributed by atoms with Gasteiger partial charge in [0.25, 0.3) is 0 Å². The van der Waals surface area contributed by atoms with E-state index in [4.69, 9.17) is 9.84 Å². The minimum Gasteiger partial charge on any atom is -0.496 e. The zero-order valence-corrected chi connectivity index (χ0v) is 12.1. The van der Waals surface area contributed by atoms with E-state index in [-0.39, 0.29) is 5.92 Å². The van der Waals surface area contributed by atoms with Crippen LogP contribution in [-0.2, 0) is 11.3 Å². The number of likely N-dealkylation sites (tertiary alicyclic amines) is 1. The summed E-state index contributed by atoms with van der Waals surface area (Å²) >= 11 is 1.66. The minimum atomic E-state index is -0.683. The maximum absolute atomic E-state index is 10.9. The highest BCUT2D eigenvalue weighted by atomic mass is 32.2. The summed E-state index contributed by atoms with van der Waals surface area (Å²) < 4.78 is 5.37. The molecule has 1 N–H and O–H groups in total. The first-order chi connectivity index (χ1) is 9.13. The Bertz CT molecular complexity index is 464. The number of ether oxygens (including phenoxy) is 1. The normalized spacial score (nSPS) is 19.6. The van der Waals surface area contributed by atoms with Gasteiger partial charge in [-0.05, 0) is 36.9 Å². The van der Waals surface area contributed by atoms with Crippen LogP contribution < -0.4 is 4.74 Å². The molecule has 19 heavy (non-hydrogen) atoms. The number of nitrogens with zero attached hydrogens (tertiary/aromatic N) is 1. The van der Waals surface area contributed by atoms with Gasteiger partial charge in [-0.15, -0.1) is 11.8 Å². The lowest BCUT2D eigenvalue weighted by atomic mass is 10.1. The summed E-state index contributed by atoms with van der Waals surface area (Å²) in [7, 11) is 1.68. The molecule has 0 amide bonds. The molecule has 1 aliphatic rings. The Morgan fingerprint density at radius 3 is 2.95 bits per heavy atom. The second-order valence-corrected chi connectivity index (χ2v) is 5.60. The molecule has 4 nitrogen and oxygen atoms in total. The Labute approximate surface area is 117 Å². The van der Waals surface area contributed by atoms with E-state index in [1.54, 1.807) is 18.9 Å². The number of carbonyl (C=O) groups is 1. The summed E-state index contributed by atoms with van der Waals surface area (Å²) in [5.74, 6) is -0.0100. The van der Waals surface area contributed by atoms with Crippen LogP contribution in [-0.4, -0.2) is 42.4 Å². The lowest BCUT2D eigenvalue weighted by Crippen LogP contribution is -2.22. The molecule has 1 fully saturated rings. The van der Waals surface area contributed by atoms with Gasteiger partial charge in [0.15, 0.2) is 0 Å². The van der Waals surface area contributed by atoms with E-state index < -0.39 is 5.97 Å².